The molecule has 1 aromatic carbocycles. The second-order valence-corrected chi connectivity index (χ2v) is 7.25. The van der Waals surface area contributed by atoms with Crippen molar-refractivity contribution in [2.24, 2.45) is 0 Å². The molecule has 1 saturated heterocycles. The van der Waals surface area contributed by atoms with Crippen LogP contribution in [0.3, 0.4) is 0 Å². The molecular weight excluding hydrogens is 333 g/mol. The molecule has 4 nitrogen and oxygen atoms in total. The van der Waals surface area contributed by atoms with E-state index in [1.54, 1.807) is 14.2 Å². The predicted molar refractivity (Wildman–Crippen MR) is 82.3 cm³/mol. The summed E-state index contributed by atoms with van der Waals surface area (Å²) in [5.41, 5.74) is 2.57. The number of hydrogen-bond donors (Lipinski definition) is 0. The number of methoxy groups -OCH3 is 2. The molecule has 2 atom stereocenters. The van der Waals surface area contributed by atoms with Gasteiger partial charge in [-0.05, 0) is 0 Å². The van der Waals surface area contributed by atoms with Crippen molar-refractivity contribution in [1.82, 2.24) is 4.90 Å². The van der Waals surface area contributed by atoms with Gasteiger partial charge < -0.3 is 0 Å². The van der Waals surface area contributed by atoms with E-state index in [0.717, 1.165) is 30.9 Å². The van der Waals surface area contributed by atoms with Gasteiger partial charge in [0.1, 0.15) is 0 Å². The van der Waals surface area contributed by atoms with E-state index in [0.29, 0.717) is 10.7 Å². The zero-order chi connectivity index (χ0) is 15.0. The standard InChI is InChI=1S/C16H21NO3Se/c1-19-14-8-10-7-13(16(18)21-3)17-6-4-5-12(17)11(10)9-15(14)20-2/h8-9,12-13H,4-7H2,1-3H3/t12-,13-/m0/s1. The molecule has 0 bridgehead atoms. The van der Waals surface area contributed by atoms with E-state index in [1.807, 2.05) is 5.82 Å². The van der Waals surface area contributed by atoms with Crippen LogP contribution < -0.4 is 9.47 Å². The van der Waals surface area contributed by atoms with Crippen LogP contribution in [0.2, 0.25) is 5.82 Å². The summed E-state index contributed by atoms with van der Waals surface area (Å²) in [6, 6.07) is 4.60. The summed E-state index contributed by atoms with van der Waals surface area (Å²) in [6.45, 7) is 1.03. The monoisotopic (exact) mass is 355 g/mol. The number of benzene rings is 1. The number of hydrogen-bond acceptors (Lipinski definition) is 4. The van der Waals surface area contributed by atoms with Gasteiger partial charge in [0.15, 0.2) is 0 Å². The van der Waals surface area contributed by atoms with E-state index in [4.69, 9.17) is 9.47 Å². The predicted octanol–water partition coefficient (Wildman–Crippen LogP) is 2.04. The van der Waals surface area contributed by atoms with Crippen molar-refractivity contribution in [2.45, 2.75) is 37.2 Å². The zero-order valence-corrected chi connectivity index (χ0v) is 14.4. The van der Waals surface area contributed by atoms with Gasteiger partial charge in [0.25, 0.3) is 0 Å². The summed E-state index contributed by atoms with van der Waals surface area (Å²) in [7, 11) is 3.33. The molecule has 0 aromatic heterocycles. The minimum absolute atomic E-state index is 0.0614. The van der Waals surface area contributed by atoms with Crippen LogP contribution in [0.1, 0.15) is 30.0 Å². The summed E-state index contributed by atoms with van der Waals surface area (Å²) in [5, 5.41) is 0. The number of rotatable bonds is 4. The fraction of sp³-hybridized carbons (Fsp3) is 0.562. The molecule has 0 amide bonds. The topological polar surface area (TPSA) is 38.8 Å². The Hall–Kier alpha value is -1.03. The van der Waals surface area contributed by atoms with Crippen molar-refractivity contribution < 1.29 is 14.3 Å². The van der Waals surface area contributed by atoms with Gasteiger partial charge in [-0.15, -0.1) is 0 Å². The van der Waals surface area contributed by atoms with E-state index >= 15 is 0 Å². The summed E-state index contributed by atoms with van der Waals surface area (Å²) in [4.78, 5) is 14.7. The average molecular weight is 354 g/mol. The van der Waals surface area contributed by atoms with Crippen LogP contribution >= 0.6 is 0 Å². The number of ether oxygens (including phenoxy) is 2. The molecule has 0 aliphatic carbocycles. The van der Waals surface area contributed by atoms with Crippen LogP contribution in [0.5, 0.6) is 11.5 Å². The van der Waals surface area contributed by atoms with Crippen LogP contribution in [0.15, 0.2) is 12.1 Å². The number of fused-ring (bicyclic) bond motifs is 3. The number of nitrogens with zero attached hydrogens (tertiary/aromatic N) is 1. The van der Waals surface area contributed by atoms with E-state index in [1.165, 1.54) is 17.5 Å². The first-order chi connectivity index (χ1) is 10.2. The molecule has 5 heteroatoms. The first-order valence-corrected chi connectivity index (χ1v) is 9.85. The molecule has 114 valence electrons. The molecule has 21 heavy (non-hydrogen) atoms. The quantitative estimate of drug-likeness (QED) is 0.776. The summed E-state index contributed by atoms with van der Waals surface area (Å²) in [6.07, 6.45) is 3.10. The Labute approximate surface area is 131 Å². The van der Waals surface area contributed by atoms with E-state index < -0.39 is 0 Å². The third kappa shape index (κ3) is 2.48. The second-order valence-electron chi connectivity index (χ2n) is 5.54. The van der Waals surface area contributed by atoms with Gasteiger partial charge >= 0.3 is 131 Å². The third-order valence-corrected chi connectivity index (χ3v) is 6.00. The molecule has 2 aliphatic heterocycles. The Bertz CT molecular complexity index is 561. The average Bonchev–Trinajstić information content (AvgIpc) is 3.01. The van der Waals surface area contributed by atoms with Gasteiger partial charge in [-0.3, -0.25) is 0 Å². The second kappa shape index (κ2) is 5.99. The molecule has 0 spiro atoms. The van der Waals surface area contributed by atoms with Gasteiger partial charge in [-0.25, -0.2) is 0 Å². The molecule has 0 N–H and O–H groups in total. The molecule has 2 heterocycles. The van der Waals surface area contributed by atoms with Crippen LogP contribution in [0.25, 0.3) is 0 Å². The van der Waals surface area contributed by atoms with Crippen LogP contribution in [-0.4, -0.2) is 51.3 Å². The maximum absolute atomic E-state index is 12.3. The van der Waals surface area contributed by atoms with E-state index in [2.05, 4.69) is 17.0 Å². The Kier molecular flexibility index (Phi) is 4.25. The van der Waals surface area contributed by atoms with E-state index in [-0.39, 0.29) is 21.0 Å². The van der Waals surface area contributed by atoms with Crippen LogP contribution in [0, 0.1) is 0 Å². The molecule has 2 aliphatic rings. The van der Waals surface area contributed by atoms with Crippen LogP contribution in [0.4, 0.5) is 0 Å². The van der Waals surface area contributed by atoms with Gasteiger partial charge in [-0.1, -0.05) is 0 Å². The third-order valence-electron chi connectivity index (χ3n) is 4.59. The maximum atomic E-state index is 12.3. The molecule has 1 fully saturated rings. The fourth-order valence-electron chi connectivity index (χ4n) is 3.60. The summed E-state index contributed by atoms with van der Waals surface area (Å²) in [5.74, 6) is 3.56. The van der Waals surface area contributed by atoms with E-state index in [9.17, 15) is 4.79 Å². The first kappa shape index (κ1) is 14.9. The Morgan fingerprint density at radius 1 is 1.29 bits per heavy atom. The molecule has 0 unspecified atom stereocenters. The van der Waals surface area contributed by atoms with Gasteiger partial charge in [0.2, 0.25) is 0 Å². The minimum atomic E-state index is 0.0614. The van der Waals surface area contributed by atoms with Gasteiger partial charge in [-0.2, -0.15) is 0 Å². The van der Waals surface area contributed by atoms with Crippen molar-refractivity contribution in [1.29, 1.82) is 0 Å². The van der Waals surface area contributed by atoms with Crippen molar-refractivity contribution >= 4 is 19.6 Å². The summed E-state index contributed by atoms with van der Waals surface area (Å²) >= 11 is 0.0614. The SMILES string of the molecule is COc1cc2c(cc1OC)[C@@H]1CCCN1[C@H](C(=O)[Se]C)C2. The normalized spacial score (nSPS) is 24.3. The van der Waals surface area contributed by atoms with Crippen molar-refractivity contribution in [2.75, 3.05) is 20.8 Å². The zero-order valence-electron chi connectivity index (χ0n) is 12.7. The van der Waals surface area contributed by atoms with Crippen molar-refractivity contribution in [3.8, 4) is 11.5 Å². The Morgan fingerprint density at radius 2 is 2.00 bits per heavy atom. The molecule has 3 rings (SSSR count). The molecule has 0 radical (unpaired) electrons. The van der Waals surface area contributed by atoms with Crippen molar-refractivity contribution in [3.63, 3.8) is 0 Å². The number of carbonyl (C=O) groups excluding carboxylic acids is 1. The fourth-order valence-corrected chi connectivity index (χ4v) is 4.63. The molecular formula is C16H21NO3Se. The Morgan fingerprint density at radius 3 is 2.67 bits per heavy atom. The first-order valence-electron chi connectivity index (χ1n) is 7.28. The molecule has 0 saturated carbocycles. The summed E-state index contributed by atoms with van der Waals surface area (Å²) < 4.78 is 11.3. The Balaban J connectivity index is 2.05. The number of carbonyl (C=O) groups is 1. The van der Waals surface area contributed by atoms with Crippen molar-refractivity contribution in [3.05, 3.63) is 23.3 Å². The van der Waals surface area contributed by atoms with Gasteiger partial charge in [0.05, 0.1) is 0 Å². The van der Waals surface area contributed by atoms with Gasteiger partial charge in [0, 0.05) is 0 Å². The molecule has 1 aromatic rings. The van der Waals surface area contributed by atoms with Crippen LogP contribution in [-0.2, 0) is 11.2 Å².